The van der Waals surface area contributed by atoms with Crippen LogP contribution in [0, 0.1) is 0 Å². The van der Waals surface area contributed by atoms with Gasteiger partial charge in [0.25, 0.3) is 0 Å². The summed E-state index contributed by atoms with van der Waals surface area (Å²) in [6, 6.07) is 64.6. The molecule has 0 aliphatic rings. The molecule has 3 heterocycles. The maximum absolute atomic E-state index is 6.31. The lowest BCUT2D eigenvalue weighted by molar-refractivity contribution is 0.668. The number of nitrogens with zero attached hydrogens (tertiary/aromatic N) is 3. The first kappa shape index (κ1) is 31.9. The molecule has 0 atom stereocenters. The molecule has 5 nitrogen and oxygen atoms in total. The van der Waals surface area contributed by atoms with Crippen LogP contribution in [0.2, 0.25) is 0 Å². The molecule has 5 heteroatoms. The van der Waals surface area contributed by atoms with E-state index in [1.807, 2.05) is 66.7 Å². The van der Waals surface area contributed by atoms with Gasteiger partial charge in [-0.2, -0.15) is 0 Å². The maximum atomic E-state index is 6.31. The second-order valence-electron chi connectivity index (χ2n) is 14.0. The molecule has 0 N–H and O–H groups in total. The Morgan fingerprint density at radius 2 is 0.821 bits per heavy atom. The predicted octanol–water partition coefficient (Wildman–Crippen LogP) is 13.7. The monoisotopic (exact) mass is 717 g/mol. The van der Waals surface area contributed by atoms with Crippen LogP contribution in [0.4, 0.5) is 0 Å². The summed E-state index contributed by atoms with van der Waals surface area (Å²) in [4.78, 5) is 15.5. The fraction of sp³-hybridized carbons (Fsp3) is 0. The van der Waals surface area contributed by atoms with Gasteiger partial charge >= 0.3 is 0 Å². The van der Waals surface area contributed by atoms with Crippen LogP contribution in [0.15, 0.2) is 197 Å². The van der Waals surface area contributed by atoms with Gasteiger partial charge in [-0.15, -0.1) is 0 Å². The molecular formula is C51H31N3O2. The molecule has 0 aliphatic heterocycles. The van der Waals surface area contributed by atoms with Gasteiger partial charge in [0.2, 0.25) is 0 Å². The molecule has 11 aromatic rings. The number of furan rings is 2. The number of hydrogen-bond donors (Lipinski definition) is 0. The highest BCUT2D eigenvalue weighted by atomic mass is 16.3. The van der Waals surface area contributed by atoms with Crippen molar-refractivity contribution >= 4 is 43.9 Å². The maximum Gasteiger partial charge on any atom is 0.164 e. The summed E-state index contributed by atoms with van der Waals surface area (Å²) in [6.07, 6.45) is 0. The highest BCUT2D eigenvalue weighted by Crippen LogP contribution is 2.42. The molecule has 0 saturated carbocycles. The minimum Gasteiger partial charge on any atom is -0.456 e. The van der Waals surface area contributed by atoms with Crippen molar-refractivity contribution in [3.8, 4) is 67.5 Å². The Bertz CT molecular complexity index is 3250. The first-order chi connectivity index (χ1) is 27.7. The zero-order valence-corrected chi connectivity index (χ0v) is 30.1. The topological polar surface area (TPSA) is 65.0 Å². The number of fused-ring (bicyclic) bond motifs is 6. The molecule has 0 radical (unpaired) electrons. The van der Waals surface area contributed by atoms with Crippen LogP contribution in [-0.2, 0) is 0 Å². The van der Waals surface area contributed by atoms with E-state index in [9.17, 15) is 0 Å². The van der Waals surface area contributed by atoms with E-state index < -0.39 is 0 Å². The average Bonchev–Trinajstić information content (AvgIpc) is 3.85. The van der Waals surface area contributed by atoms with E-state index in [1.54, 1.807) is 0 Å². The largest absolute Gasteiger partial charge is 0.456 e. The van der Waals surface area contributed by atoms with Crippen molar-refractivity contribution in [1.29, 1.82) is 0 Å². The summed E-state index contributed by atoms with van der Waals surface area (Å²) < 4.78 is 12.6. The Kier molecular flexibility index (Phi) is 7.42. The number of aromatic nitrogens is 3. The fourth-order valence-electron chi connectivity index (χ4n) is 7.86. The third kappa shape index (κ3) is 5.45. The lowest BCUT2D eigenvalue weighted by Gasteiger charge is -2.15. The number of rotatable bonds is 6. The third-order valence-corrected chi connectivity index (χ3v) is 10.6. The minimum absolute atomic E-state index is 0.588. The summed E-state index contributed by atoms with van der Waals surface area (Å²) in [5.41, 5.74) is 12.5. The van der Waals surface area contributed by atoms with Gasteiger partial charge in [0.1, 0.15) is 22.3 Å². The standard InChI is InChI=1S/C51H31N3O2/c1-3-13-32(14-4-1)34-17-11-18-37(29-34)50-52-49(33-15-5-2-6-16-33)53-51(54-50)40-27-25-35(38-21-12-24-47-48(38)41-20-8-10-23-45(41)56-47)30-42(40)36-26-28-46-43(31-36)39-19-7-9-22-44(39)55-46/h1-31H. The Balaban J connectivity index is 1.16. The molecule has 0 aliphatic carbocycles. The zero-order valence-electron chi connectivity index (χ0n) is 30.1. The van der Waals surface area contributed by atoms with E-state index in [4.69, 9.17) is 23.8 Å². The van der Waals surface area contributed by atoms with E-state index in [-0.39, 0.29) is 0 Å². The van der Waals surface area contributed by atoms with Crippen molar-refractivity contribution in [3.05, 3.63) is 188 Å². The zero-order chi connectivity index (χ0) is 37.0. The Morgan fingerprint density at radius 1 is 0.268 bits per heavy atom. The average molecular weight is 718 g/mol. The highest BCUT2D eigenvalue weighted by molar-refractivity contribution is 6.13. The molecule has 3 aromatic heterocycles. The highest BCUT2D eigenvalue weighted by Gasteiger charge is 2.20. The molecule has 0 amide bonds. The Hall–Kier alpha value is -7.63. The van der Waals surface area contributed by atoms with Crippen LogP contribution in [0.3, 0.4) is 0 Å². The van der Waals surface area contributed by atoms with Crippen LogP contribution in [-0.4, -0.2) is 15.0 Å². The van der Waals surface area contributed by atoms with Gasteiger partial charge < -0.3 is 8.83 Å². The molecule has 8 aromatic carbocycles. The van der Waals surface area contributed by atoms with Crippen LogP contribution in [0.1, 0.15) is 0 Å². The van der Waals surface area contributed by atoms with Crippen molar-refractivity contribution in [2.24, 2.45) is 0 Å². The molecular weight excluding hydrogens is 687 g/mol. The minimum atomic E-state index is 0.588. The van der Waals surface area contributed by atoms with Gasteiger partial charge in [-0.1, -0.05) is 140 Å². The van der Waals surface area contributed by atoms with Crippen molar-refractivity contribution in [1.82, 2.24) is 15.0 Å². The molecule has 0 fully saturated rings. The van der Waals surface area contributed by atoms with Gasteiger partial charge in [-0.05, 0) is 81.9 Å². The van der Waals surface area contributed by atoms with Crippen LogP contribution < -0.4 is 0 Å². The lowest BCUT2D eigenvalue weighted by atomic mass is 9.91. The van der Waals surface area contributed by atoms with Crippen molar-refractivity contribution < 1.29 is 8.83 Å². The van der Waals surface area contributed by atoms with Gasteiger partial charge in [0.05, 0.1) is 0 Å². The first-order valence-electron chi connectivity index (χ1n) is 18.7. The smallest absolute Gasteiger partial charge is 0.164 e. The van der Waals surface area contributed by atoms with Crippen molar-refractivity contribution in [3.63, 3.8) is 0 Å². The van der Waals surface area contributed by atoms with E-state index in [1.165, 1.54) is 0 Å². The molecule has 11 rings (SSSR count). The molecule has 0 bridgehead atoms. The van der Waals surface area contributed by atoms with E-state index >= 15 is 0 Å². The van der Waals surface area contributed by atoms with Crippen LogP contribution in [0.25, 0.3) is 111 Å². The summed E-state index contributed by atoms with van der Waals surface area (Å²) in [7, 11) is 0. The van der Waals surface area contributed by atoms with Crippen LogP contribution >= 0.6 is 0 Å². The summed E-state index contributed by atoms with van der Waals surface area (Å²) >= 11 is 0. The van der Waals surface area contributed by atoms with Gasteiger partial charge in [-0.3, -0.25) is 0 Å². The summed E-state index contributed by atoms with van der Waals surface area (Å²) in [6.45, 7) is 0. The van der Waals surface area contributed by atoms with Crippen LogP contribution in [0.5, 0.6) is 0 Å². The molecule has 0 unspecified atom stereocenters. The van der Waals surface area contributed by atoms with E-state index in [0.717, 1.165) is 93.9 Å². The Morgan fingerprint density at radius 3 is 1.64 bits per heavy atom. The molecule has 262 valence electrons. The predicted molar refractivity (Wildman–Crippen MR) is 227 cm³/mol. The molecule has 0 spiro atoms. The number of benzene rings is 8. The van der Waals surface area contributed by atoms with Crippen molar-refractivity contribution in [2.75, 3.05) is 0 Å². The van der Waals surface area contributed by atoms with Gasteiger partial charge in [0, 0.05) is 38.2 Å². The van der Waals surface area contributed by atoms with Gasteiger partial charge in [-0.25, -0.2) is 15.0 Å². The second-order valence-corrected chi connectivity index (χ2v) is 14.0. The van der Waals surface area contributed by atoms with Crippen molar-refractivity contribution in [2.45, 2.75) is 0 Å². The number of para-hydroxylation sites is 2. The normalized spacial score (nSPS) is 11.6. The number of hydrogen-bond acceptors (Lipinski definition) is 5. The molecule has 0 saturated heterocycles. The third-order valence-electron chi connectivity index (χ3n) is 10.6. The fourth-order valence-corrected chi connectivity index (χ4v) is 7.86. The first-order valence-corrected chi connectivity index (χ1v) is 18.7. The van der Waals surface area contributed by atoms with E-state index in [2.05, 4.69) is 121 Å². The quantitative estimate of drug-likeness (QED) is 0.171. The summed E-state index contributed by atoms with van der Waals surface area (Å²) in [5, 5.41) is 4.30. The second kappa shape index (κ2) is 13.0. The lowest BCUT2D eigenvalue weighted by Crippen LogP contribution is -2.01. The van der Waals surface area contributed by atoms with Gasteiger partial charge in [0.15, 0.2) is 17.5 Å². The SMILES string of the molecule is c1ccc(-c2cccc(-c3nc(-c4ccccc4)nc(-c4ccc(-c5cccc6oc7ccccc7c56)cc4-c4ccc5oc6ccccc6c5c4)n3)c2)cc1. The van der Waals surface area contributed by atoms with E-state index in [0.29, 0.717) is 17.5 Å². The summed E-state index contributed by atoms with van der Waals surface area (Å²) in [5.74, 6) is 1.80. The molecule has 56 heavy (non-hydrogen) atoms. The Labute approximate surface area is 322 Å².